The minimum absolute atomic E-state index is 0.0248. The lowest BCUT2D eigenvalue weighted by Crippen LogP contribution is -3.21. The first-order chi connectivity index (χ1) is 36.7. The van der Waals surface area contributed by atoms with Gasteiger partial charge in [-0.1, -0.05) is 24.3 Å². The zero-order valence-electron chi connectivity index (χ0n) is 43.4. The Morgan fingerprint density at radius 1 is 0.859 bits per heavy atom. The summed E-state index contributed by atoms with van der Waals surface area (Å²) in [6, 6.07) is 6.12. The quantitative estimate of drug-likeness (QED) is 0.0581. The van der Waals surface area contributed by atoms with E-state index in [2.05, 4.69) is 25.2 Å². The van der Waals surface area contributed by atoms with E-state index in [0.717, 1.165) is 59.1 Å². The molecule has 4 aliphatic rings. The van der Waals surface area contributed by atoms with Crippen molar-refractivity contribution in [3.05, 3.63) is 89.2 Å². The van der Waals surface area contributed by atoms with Crippen LogP contribution in [0.4, 0.5) is 50.5 Å². The number of carbonyl (C=O) groups is 4. The van der Waals surface area contributed by atoms with Crippen molar-refractivity contribution >= 4 is 29.8 Å². The number of ether oxygens (including phenoxy) is 3. The number of nitrogens with zero attached hydrogens (tertiary/aromatic N) is 4. The fourth-order valence-electron chi connectivity index (χ4n) is 10.6. The number of nitrogens with one attached hydrogen (secondary N) is 5. The lowest BCUT2D eigenvalue weighted by molar-refractivity contribution is -0.947. The van der Waals surface area contributed by atoms with Gasteiger partial charge in [0.1, 0.15) is 54.8 Å². The van der Waals surface area contributed by atoms with Crippen molar-refractivity contribution in [2.45, 2.75) is 120 Å². The second-order valence-corrected chi connectivity index (χ2v) is 21.3. The molecule has 8 N–H and O–H groups in total. The molecule has 0 spiro atoms. The summed E-state index contributed by atoms with van der Waals surface area (Å²) < 4.78 is 137. The van der Waals surface area contributed by atoms with Gasteiger partial charge in [-0.2, -0.15) is 31.4 Å². The van der Waals surface area contributed by atoms with Gasteiger partial charge < -0.3 is 56.1 Å². The number of fused-ring (bicyclic) bond motifs is 2. The smallest absolute Gasteiger partial charge is 0.407 e. The van der Waals surface area contributed by atoms with Crippen molar-refractivity contribution in [3.63, 3.8) is 0 Å². The Morgan fingerprint density at radius 2 is 1.50 bits per heavy atom. The molecular formula is C52H63F8N10O8+. The number of nitrogens with two attached hydrogens (primary N) is 1. The van der Waals surface area contributed by atoms with E-state index >= 15 is 22.0 Å². The molecule has 0 radical (unpaired) electrons. The van der Waals surface area contributed by atoms with Gasteiger partial charge in [-0.25, -0.2) is 23.4 Å². The Labute approximate surface area is 443 Å². The Balaban J connectivity index is 1.08. The molecule has 3 saturated heterocycles. The van der Waals surface area contributed by atoms with E-state index in [4.69, 9.17) is 15.5 Å². The van der Waals surface area contributed by atoms with Gasteiger partial charge in [0, 0.05) is 48.6 Å². The van der Waals surface area contributed by atoms with E-state index in [-0.39, 0.29) is 41.2 Å². The molecule has 8 atom stereocenters. The van der Waals surface area contributed by atoms with Gasteiger partial charge in [0.05, 0.1) is 68.1 Å². The summed E-state index contributed by atoms with van der Waals surface area (Å²) in [4.78, 5) is 59.6. The minimum atomic E-state index is -5.15. The number of halogens is 8. The van der Waals surface area contributed by atoms with E-state index in [1.165, 1.54) is 41.4 Å². The van der Waals surface area contributed by atoms with Gasteiger partial charge in [0.25, 0.3) is 0 Å². The summed E-state index contributed by atoms with van der Waals surface area (Å²) in [5.41, 5.74) is 0.646. The van der Waals surface area contributed by atoms with Gasteiger partial charge >= 0.3 is 24.5 Å². The van der Waals surface area contributed by atoms with Crippen LogP contribution in [-0.2, 0) is 43.2 Å². The van der Waals surface area contributed by atoms with Gasteiger partial charge in [0.2, 0.25) is 11.8 Å². The monoisotopic (exact) mass is 1110 g/mol. The fourth-order valence-corrected chi connectivity index (χ4v) is 10.6. The second-order valence-electron chi connectivity index (χ2n) is 21.3. The molecule has 424 valence electrons. The number of aromatic nitrogens is 3. The molecule has 4 aromatic rings. The number of carbonyl (C=O) groups excluding carboxylic acids is 4. The van der Waals surface area contributed by atoms with Gasteiger partial charge in [-0.05, 0) is 87.4 Å². The van der Waals surface area contributed by atoms with Crippen LogP contribution in [0.2, 0.25) is 0 Å². The number of hydrogen-bond donors (Lipinski definition) is 7. The van der Waals surface area contributed by atoms with Crippen molar-refractivity contribution in [2.24, 2.45) is 16.6 Å². The summed E-state index contributed by atoms with van der Waals surface area (Å²) in [5.74, 6) is -4.33. The predicted octanol–water partition coefficient (Wildman–Crippen LogP) is 4.28. The number of benzene rings is 2. The third-order valence-electron chi connectivity index (χ3n) is 15.7. The van der Waals surface area contributed by atoms with Gasteiger partial charge in [-0.3, -0.25) is 14.3 Å². The summed E-state index contributed by atoms with van der Waals surface area (Å²) in [5, 5.41) is 25.1. The fraction of sp³-hybridized carbons (Fsp3) is 0.538. The number of rotatable bonds is 21. The number of pyridine rings is 1. The lowest BCUT2D eigenvalue weighted by atomic mass is 9.74. The maximum absolute atomic E-state index is 15.5. The summed E-state index contributed by atoms with van der Waals surface area (Å²) in [6.45, 7) is 3.77. The number of anilines is 1. The van der Waals surface area contributed by atoms with Crippen LogP contribution < -0.4 is 36.8 Å². The van der Waals surface area contributed by atoms with E-state index < -0.39 is 108 Å². The molecule has 8 rings (SSSR count). The first-order valence-corrected chi connectivity index (χ1v) is 25.4. The molecule has 1 aliphatic carbocycles. The molecule has 2 bridgehead atoms. The highest BCUT2D eigenvalue weighted by molar-refractivity contribution is 5.87. The van der Waals surface area contributed by atoms with E-state index in [1.54, 1.807) is 16.9 Å². The number of aliphatic hydroxyl groups excluding tert-OH is 1. The van der Waals surface area contributed by atoms with Crippen molar-refractivity contribution < 1.29 is 78.5 Å². The number of quaternary nitrogens is 1. The molecule has 4 amide bonds. The molecule has 5 heterocycles. The van der Waals surface area contributed by atoms with Gasteiger partial charge in [0.15, 0.2) is 0 Å². The predicted molar refractivity (Wildman–Crippen MR) is 264 cm³/mol. The minimum Gasteiger partial charge on any atom is -0.453 e. The molecule has 78 heavy (non-hydrogen) atoms. The first kappa shape index (κ1) is 57.5. The number of alkyl carbamates (subject to hydrolysis) is 2. The third-order valence-corrected chi connectivity index (χ3v) is 15.7. The van der Waals surface area contributed by atoms with Crippen molar-refractivity contribution in [1.82, 2.24) is 36.0 Å². The average molecular weight is 1110 g/mol. The Kier molecular flexibility index (Phi) is 16.7. The molecular weight excluding hydrogens is 1040 g/mol. The Hall–Kier alpha value is -6.64. The molecule has 18 nitrogen and oxygen atoms in total. The number of methoxy groups -OCH3 is 2. The first-order valence-electron chi connectivity index (χ1n) is 25.4. The SMILES string of the molecule is COC(=O)N[C@H](C(=O)N[C@@H](Cc1ccc(-c2cnc(N3C[C@H]4C[C@@H]3C[NH+]4C3COC3)cc2CC(C)([C@H](NC(=O)OC)C(N)=O)C(F)(F)F)cc1)[C@@H](O)CNCc1c(F)cc(-c2ccn(C3CC3)n2)cc1F)C(C)(C)C(F)(F)F. The van der Waals surface area contributed by atoms with Crippen LogP contribution in [0.3, 0.4) is 0 Å². The topological polar surface area (TPSA) is 229 Å². The van der Waals surface area contributed by atoms with E-state index in [0.29, 0.717) is 62.3 Å². The molecule has 1 saturated carbocycles. The maximum atomic E-state index is 15.5. The lowest BCUT2D eigenvalue weighted by Gasteiger charge is -2.40. The number of piperazine rings is 1. The highest BCUT2D eigenvalue weighted by Gasteiger charge is 2.59. The molecule has 3 aliphatic heterocycles. The van der Waals surface area contributed by atoms with Crippen LogP contribution in [0.5, 0.6) is 0 Å². The summed E-state index contributed by atoms with van der Waals surface area (Å²) in [7, 11) is 1.80. The number of alkyl halides is 6. The number of amides is 4. The van der Waals surface area contributed by atoms with E-state index in [1.807, 2.05) is 15.5 Å². The summed E-state index contributed by atoms with van der Waals surface area (Å²) >= 11 is 0. The normalized spacial score (nSPS) is 20.9. The molecule has 2 aromatic carbocycles. The number of aliphatic hydroxyl groups is 1. The molecule has 4 fully saturated rings. The standard InChI is InChI=1S/C52H62F8N10O8/c1-49(2,51(55,56)57)44(66-48(75)77-5)46(73)64-40(41(71)22-62-20-36-37(53)15-29(16-38(36)54)39-12-13-70(67-39)31-10-11-31)14-27-6-8-28(9-7-27)35-21-63-42(69-24-32-18-33(69)23-68(32)34-25-78-26-34)17-30(35)19-50(3,52(58,59)60)43(45(61)72)65-47(74)76-4/h6-9,12-13,15-17,21,31-34,40-41,43-44,62,71H,10-11,14,18-20,22-26H2,1-5H3,(H2,61,72)(H,64,73)(H,65,74)(H,66,75)/p+1/t32-,33-,40+,41+,43-,44-,50?/m1/s1. The second kappa shape index (κ2) is 22.6. The number of primary amides is 1. The highest BCUT2D eigenvalue weighted by Crippen LogP contribution is 2.46. The van der Waals surface area contributed by atoms with Crippen LogP contribution in [0.25, 0.3) is 22.4 Å². The third kappa shape index (κ3) is 12.1. The number of likely N-dealkylation sites (tertiary alicyclic amines) is 1. The Morgan fingerprint density at radius 3 is 2.04 bits per heavy atom. The average Bonchev–Trinajstić information content (AvgIpc) is 3.94. The van der Waals surface area contributed by atoms with Crippen molar-refractivity contribution in [2.75, 3.05) is 52.0 Å². The van der Waals surface area contributed by atoms with Crippen LogP contribution in [0.1, 0.15) is 62.8 Å². The Bertz CT molecular complexity index is 2820. The summed E-state index contributed by atoms with van der Waals surface area (Å²) in [6.07, 6.45) is -9.97. The van der Waals surface area contributed by atoms with Crippen LogP contribution in [-0.4, -0.2) is 146 Å². The zero-order chi connectivity index (χ0) is 56.6. The van der Waals surface area contributed by atoms with Crippen molar-refractivity contribution in [1.29, 1.82) is 0 Å². The van der Waals surface area contributed by atoms with Crippen LogP contribution >= 0.6 is 0 Å². The zero-order valence-corrected chi connectivity index (χ0v) is 43.4. The molecule has 2 aromatic heterocycles. The number of hydrogen-bond acceptors (Lipinski definition) is 12. The molecule has 26 heteroatoms. The van der Waals surface area contributed by atoms with Crippen molar-refractivity contribution in [3.8, 4) is 22.4 Å². The molecule has 2 unspecified atom stereocenters. The van der Waals surface area contributed by atoms with Gasteiger partial charge in [-0.15, -0.1) is 0 Å². The maximum Gasteiger partial charge on any atom is 0.407 e. The highest BCUT2D eigenvalue weighted by atomic mass is 19.4. The largest absolute Gasteiger partial charge is 0.453 e. The van der Waals surface area contributed by atoms with Crippen LogP contribution in [0, 0.1) is 22.5 Å². The van der Waals surface area contributed by atoms with Crippen LogP contribution in [0.15, 0.2) is 60.9 Å². The van der Waals surface area contributed by atoms with E-state index in [9.17, 15) is 37.5 Å².